The molecule has 0 fully saturated rings. The molecule has 2 atom stereocenters. The molecule has 1 aliphatic heterocycles. The first-order chi connectivity index (χ1) is 16.7. The Bertz CT molecular complexity index is 1590. The minimum absolute atomic E-state index is 0.0461. The van der Waals surface area contributed by atoms with Gasteiger partial charge < -0.3 is 4.74 Å². The lowest BCUT2D eigenvalue weighted by Crippen LogP contribution is -2.18. The molecule has 0 saturated heterocycles. The predicted molar refractivity (Wildman–Crippen MR) is 151 cm³/mol. The van der Waals surface area contributed by atoms with E-state index in [0.29, 0.717) is 11.8 Å². The van der Waals surface area contributed by atoms with E-state index in [9.17, 15) is 0 Å². The molecule has 2 unspecified atom stereocenters. The van der Waals surface area contributed by atoms with Crippen LogP contribution in [0.1, 0.15) is 65.0 Å². The van der Waals surface area contributed by atoms with E-state index in [1.54, 1.807) is 0 Å². The molecule has 0 radical (unpaired) electrons. The van der Waals surface area contributed by atoms with Gasteiger partial charge in [-0.15, -0.1) is 11.3 Å². The summed E-state index contributed by atoms with van der Waals surface area (Å²) < 4.78 is 9.04. The summed E-state index contributed by atoms with van der Waals surface area (Å²) in [4.78, 5) is 4.92. The van der Waals surface area contributed by atoms with Gasteiger partial charge in [-0.2, -0.15) is 0 Å². The topological polar surface area (TPSA) is 22.1 Å². The van der Waals surface area contributed by atoms with Crippen LogP contribution in [0.2, 0.25) is 0 Å². The van der Waals surface area contributed by atoms with Crippen molar-refractivity contribution in [2.24, 2.45) is 5.92 Å². The van der Waals surface area contributed by atoms with Crippen molar-refractivity contribution in [3.63, 3.8) is 0 Å². The van der Waals surface area contributed by atoms with Crippen LogP contribution < -0.4 is 4.74 Å². The van der Waals surface area contributed by atoms with Gasteiger partial charge in [-0.3, -0.25) is 4.98 Å². The van der Waals surface area contributed by atoms with Gasteiger partial charge in [0.05, 0.1) is 10.4 Å². The lowest BCUT2D eigenvalue weighted by Gasteiger charge is -2.22. The van der Waals surface area contributed by atoms with Crippen molar-refractivity contribution in [2.45, 2.75) is 65.4 Å². The number of thiophene rings is 1. The fraction of sp³-hybridized carbons (Fsp3) is 0.344. The average Bonchev–Trinajstić information content (AvgIpc) is 3.32. The Morgan fingerprint density at radius 3 is 2.54 bits per heavy atom. The number of benzene rings is 3. The quantitative estimate of drug-likeness (QED) is 0.257. The number of ether oxygens (including phenoxy) is 1. The van der Waals surface area contributed by atoms with Crippen LogP contribution in [0, 0.1) is 5.92 Å². The van der Waals surface area contributed by atoms with Crippen molar-refractivity contribution in [1.82, 2.24) is 4.98 Å². The van der Waals surface area contributed by atoms with Gasteiger partial charge in [-0.05, 0) is 64.4 Å². The second-order valence-corrected chi connectivity index (χ2v) is 12.6. The monoisotopic (exact) mass is 479 g/mol. The van der Waals surface area contributed by atoms with Crippen LogP contribution in [-0.2, 0) is 5.41 Å². The average molecular weight is 480 g/mol. The van der Waals surface area contributed by atoms with Crippen molar-refractivity contribution in [3.05, 3.63) is 71.9 Å². The van der Waals surface area contributed by atoms with E-state index < -0.39 is 0 Å². The first-order valence-electron chi connectivity index (χ1n) is 12.8. The van der Waals surface area contributed by atoms with Crippen molar-refractivity contribution >= 4 is 42.3 Å². The van der Waals surface area contributed by atoms with E-state index in [4.69, 9.17) is 9.72 Å². The highest BCUT2D eigenvalue weighted by Gasteiger charge is 2.32. The zero-order chi connectivity index (χ0) is 24.5. The molecule has 5 aromatic rings. The van der Waals surface area contributed by atoms with Crippen molar-refractivity contribution in [3.8, 4) is 17.0 Å². The maximum atomic E-state index is 6.46. The van der Waals surface area contributed by atoms with E-state index in [1.165, 1.54) is 47.6 Å². The van der Waals surface area contributed by atoms with Crippen LogP contribution in [0.15, 0.2) is 60.8 Å². The molecule has 35 heavy (non-hydrogen) atoms. The van der Waals surface area contributed by atoms with Gasteiger partial charge in [0.1, 0.15) is 11.9 Å². The summed E-state index contributed by atoms with van der Waals surface area (Å²) in [7, 11) is 0. The fourth-order valence-corrected chi connectivity index (χ4v) is 6.90. The number of hydrogen-bond donors (Lipinski definition) is 0. The van der Waals surface area contributed by atoms with E-state index in [1.807, 2.05) is 17.5 Å². The summed E-state index contributed by atoms with van der Waals surface area (Å²) in [6.45, 7) is 13.7. The number of rotatable bonds is 3. The van der Waals surface area contributed by atoms with E-state index in [2.05, 4.69) is 96.1 Å². The molecular weight excluding hydrogens is 446 g/mol. The van der Waals surface area contributed by atoms with Gasteiger partial charge in [0.15, 0.2) is 0 Å². The van der Waals surface area contributed by atoms with Crippen molar-refractivity contribution in [1.29, 1.82) is 0 Å². The van der Waals surface area contributed by atoms with E-state index in [-0.39, 0.29) is 11.5 Å². The zero-order valence-electron chi connectivity index (χ0n) is 21.5. The first kappa shape index (κ1) is 22.5. The van der Waals surface area contributed by atoms with Crippen LogP contribution in [0.25, 0.3) is 42.2 Å². The van der Waals surface area contributed by atoms with Gasteiger partial charge in [0, 0.05) is 38.7 Å². The molecule has 0 bridgehead atoms. The predicted octanol–water partition coefficient (Wildman–Crippen LogP) is 9.48. The largest absolute Gasteiger partial charge is 0.489 e. The van der Waals surface area contributed by atoms with Crippen LogP contribution in [0.5, 0.6) is 5.75 Å². The summed E-state index contributed by atoms with van der Waals surface area (Å²) in [6.07, 6.45) is 3.34. The Labute approximate surface area is 212 Å². The summed E-state index contributed by atoms with van der Waals surface area (Å²) in [5, 5.41) is 5.14. The van der Waals surface area contributed by atoms with Crippen LogP contribution in [-0.4, -0.2) is 11.1 Å². The molecule has 2 aromatic heterocycles. The number of pyridine rings is 1. The maximum absolute atomic E-state index is 6.46. The third-order valence-corrected chi connectivity index (χ3v) is 8.67. The Balaban J connectivity index is 1.54. The van der Waals surface area contributed by atoms with Crippen molar-refractivity contribution in [2.75, 3.05) is 0 Å². The summed E-state index contributed by atoms with van der Waals surface area (Å²) >= 11 is 1.87. The smallest absolute Gasteiger partial charge is 0.124 e. The minimum Gasteiger partial charge on any atom is -0.489 e. The highest BCUT2D eigenvalue weighted by molar-refractivity contribution is 7.26. The molecule has 3 aromatic carbocycles. The van der Waals surface area contributed by atoms with Gasteiger partial charge >= 0.3 is 0 Å². The lowest BCUT2D eigenvalue weighted by molar-refractivity contribution is 0.182. The van der Waals surface area contributed by atoms with E-state index >= 15 is 0 Å². The van der Waals surface area contributed by atoms with Crippen LogP contribution in [0.4, 0.5) is 0 Å². The van der Waals surface area contributed by atoms with Gasteiger partial charge in [0.2, 0.25) is 0 Å². The second-order valence-electron chi connectivity index (χ2n) is 11.6. The minimum atomic E-state index is 0.0461. The Kier molecular flexibility index (Phi) is 5.19. The molecule has 0 amide bonds. The molecule has 0 aliphatic carbocycles. The summed E-state index contributed by atoms with van der Waals surface area (Å²) in [6, 6.07) is 20.2. The molecule has 2 nitrogen and oxygen atoms in total. The third kappa shape index (κ3) is 3.72. The second kappa shape index (κ2) is 8.06. The number of nitrogens with zero attached hydrogens (tertiary/aromatic N) is 1. The normalized spacial score (nSPS) is 18.0. The van der Waals surface area contributed by atoms with Crippen LogP contribution >= 0.6 is 11.3 Å². The van der Waals surface area contributed by atoms with Gasteiger partial charge in [-0.25, -0.2) is 0 Å². The summed E-state index contributed by atoms with van der Waals surface area (Å²) in [5.74, 6) is 2.12. The Hall–Kier alpha value is -2.91. The molecular formula is C32H33NOS. The SMILES string of the molecule is CC(C)CC1Oc2cc3c(cc2C1C)sc1c(-c2cc(C(C)(C)C)c4ccccc4c2)nccc13. The first-order valence-corrected chi connectivity index (χ1v) is 13.6. The molecule has 0 N–H and O–H groups in total. The van der Waals surface area contributed by atoms with Crippen LogP contribution in [0.3, 0.4) is 0 Å². The molecule has 1 aliphatic rings. The highest BCUT2D eigenvalue weighted by Crippen LogP contribution is 2.47. The van der Waals surface area contributed by atoms with Gasteiger partial charge in [0.25, 0.3) is 0 Å². The summed E-state index contributed by atoms with van der Waals surface area (Å²) in [5.41, 5.74) is 5.03. The molecule has 0 saturated carbocycles. The Morgan fingerprint density at radius 2 is 1.77 bits per heavy atom. The molecule has 6 rings (SSSR count). The highest BCUT2D eigenvalue weighted by atomic mass is 32.1. The zero-order valence-corrected chi connectivity index (χ0v) is 22.3. The molecule has 0 spiro atoms. The Morgan fingerprint density at radius 1 is 0.971 bits per heavy atom. The van der Waals surface area contributed by atoms with Crippen molar-refractivity contribution < 1.29 is 4.74 Å². The molecule has 3 heterocycles. The maximum Gasteiger partial charge on any atom is 0.124 e. The van der Waals surface area contributed by atoms with Gasteiger partial charge in [-0.1, -0.05) is 65.8 Å². The molecule has 178 valence electrons. The number of hydrogen-bond acceptors (Lipinski definition) is 3. The number of fused-ring (bicyclic) bond motifs is 5. The number of aromatic nitrogens is 1. The fourth-order valence-electron chi connectivity index (χ4n) is 5.66. The lowest BCUT2D eigenvalue weighted by atomic mass is 9.82. The standard InChI is InChI=1S/C32H33NOS/c1-18(2)13-27-19(3)24-17-29-25(16-28(24)34-27)23-11-12-33-30(31(23)35-29)21-14-20-9-7-8-10-22(20)26(15-21)32(4,5)6/h7-12,14-19,27H,13H2,1-6H3. The third-order valence-electron chi connectivity index (χ3n) is 7.49. The van der Waals surface area contributed by atoms with E-state index in [0.717, 1.165) is 17.9 Å². The molecule has 3 heteroatoms.